The Hall–Kier alpha value is -0.740. The molecular formula is C13H10Br2N2. The third-order valence-electron chi connectivity index (χ3n) is 2.78. The van der Waals surface area contributed by atoms with E-state index in [4.69, 9.17) is 0 Å². The summed E-state index contributed by atoms with van der Waals surface area (Å²) in [4.78, 5) is 9.08. The van der Waals surface area contributed by atoms with Crippen LogP contribution in [0.1, 0.15) is 24.6 Å². The highest BCUT2D eigenvalue weighted by atomic mass is 79.9. The second-order valence-corrected chi connectivity index (χ2v) is 5.95. The van der Waals surface area contributed by atoms with E-state index in [0.29, 0.717) is 5.92 Å². The van der Waals surface area contributed by atoms with Crippen molar-refractivity contribution in [3.63, 3.8) is 0 Å². The van der Waals surface area contributed by atoms with E-state index >= 15 is 0 Å². The normalized spacial score (nSPS) is 14.9. The molecule has 1 aliphatic carbocycles. The summed E-state index contributed by atoms with van der Waals surface area (Å²) in [5, 5.41) is 0. The van der Waals surface area contributed by atoms with Crippen molar-refractivity contribution in [1.29, 1.82) is 0 Å². The molecule has 17 heavy (non-hydrogen) atoms. The van der Waals surface area contributed by atoms with E-state index in [1.165, 1.54) is 12.8 Å². The molecular weight excluding hydrogens is 344 g/mol. The maximum Gasteiger partial charge on any atom is 0.133 e. The van der Waals surface area contributed by atoms with Crippen LogP contribution in [0.25, 0.3) is 11.3 Å². The Balaban J connectivity index is 2.07. The Kier molecular flexibility index (Phi) is 3.01. The van der Waals surface area contributed by atoms with Crippen LogP contribution >= 0.6 is 31.9 Å². The number of aromatic nitrogens is 2. The van der Waals surface area contributed by atoms with Crippen molar-refractivity contribution in [2.75, 3.05) is 0 Å². The van der Waals surface area contributed by atoms with Crippen LogP contribution in [0.3, 0.4) is 0 Å². The fraction of sp³-hybridized carbons (Fsp3) is 0.231. The molecule has 2 aromatic rings. The van der Waals surface area contributed by atoms with Crippen molar-refractivity contribution < 1.29 is 0 Å². The molecule has 0 saturated heterocycles. The topological polar surface area (TPSA) is 25.8 Å². The Morgan fingerprint density at radius 3 is 2.59 bits per heavy atom. The lowest BCUT2D eigenvalue weighted by molar-refractivity contribution is 0.919. The molecule has 1 heterocycles. The van der Waals surface area contributed by atoms with Gasteiger partial charge in [-0.3, -0.25) is 0 Å². The minimum absolute atomic E-state index is 0.568. The van der Waals surface area contributed by atoms with Crippen LogP contribution in [0.5, 0.6) is 0 Å². The molecule has 1 aliphatic rings. The summed E-state index contributed by atoms with van der Waals surface area (Å²) in [7, 11) is 0. The first-order chi connectivity index (χ1) is 8.22. The van der Waals surface area contributed by atoms with Crippen molar-refractivity contribution in [2.24, 2.45) is 0 Å². The highest BCUT2D eigenvalue weighted by molar-refractivity contribution is 9.10. The lowest BCUT2D eigenvalue weighted by Crippen LogP contribution is -1.95. The van der Waals surface area contributed by atoms with E-state index in [0.717, 1.165) is 26.2 Å². The number of nitrogens with zero attached hydrogens (tertiary/aromatic N) is 2. The van der Waals surface area contributed by atoms with E-state index in [1.807, 2.05) is 18.2 Å². The van der Waals surface area contributed by atoms with Gasteiger partial charge in [0, 0.05) is 16.0 Å². The van der Waals surface area contributed by atoms with Gasteiger partial charge in [-0.1, -0.05) is 28.1 Å². The number of rotatable bonds is 2. The van der Waals surface area contributed by atoms with Gasteiger partial charge in [0.25, 0.3) is 0 Å². The summed E-state index contributed by atoms with van der Waals surface area (Å²) >= 11 is 6.94. The van der Waals surface area contributed by atoms with E-state index in [2.05, 4.69) is 54.0 Å². The van der Waals surface area contributed by atoms with Gasteiger partial charge in [-0.05, 0) is 47.0 Å². The predicted octanol–water partition coefficient (Wildman–Crippen LogP) is 4.55. The van der Waals surface area contributed by atoms with Crippen LogP contribution in [0.4, 0.5) is 0 Å². The Bertz CT molecular complexity index is 565. The average Bonchev–Trinajstić information content (AvgIpc) is 3.12. The molecule has 0 spiro atoms. The lowest BCUT2D eigenvalue weighted by Gasteiger charge is -2.05. The molecule has 0 bridgehead atoms. The molecule has 0 radical (unpaired) electrons. The number of hydrogen-bond donors (Lipinski definition) is 0. The summed E-state index contributed by atoms with van der Waals surface area (Å²) < 4.78 is 1.93. The molecule has 0 atom stereocenters. The van der Waals surface area contributed by atoms with Gasteiger partial charge in [0.1, 0.15) is 10.4 Å². The zero-order valence-electron chi connectivity index (χ0n) is 9.03. The first-order valence-corrected chi connectivity index (χ1v) is 7.11. The van der Waals surface area contributed by atoms with E-state index in [9.17, 15) is 0 Å². The van der Waals surface area contributed by atoms with Crippen LogP contribution in [0.2, 0.25) is 0 Å². The second-order valence-electron chi connectivity index (χ2n) is 4.22. The van der Waals surface area contributed by atoms with Gasteiger partial charge in [0.2, 0.25) is 0 Å². The van der Waals surface area contributed by atoms with Crippen LogP contribution in [0.15, 0.2) is 39.4 Å². The van der Waals surface area contributed by atoms with Crippen LogP contribution < -0.4 is 0 Å². The summed E-state index contributed by atoms with van der Waals surface area (Å²) in [6.07, 6.45) is 2.43. The number of benzene rings is 1. The molecule has 0 unspecified atom stereocenters. The zero-order chi connectivity index (χ0) is 11.8. The third kappa shape index (κ3) is 2.58. The van der Waals surface area contributed by atoms with Crippen LogP contribution in [-0.4, -0.2) is 9.97 Å². The summed E-state index contributed by atoms with van der Waals surface area (Å²) in [5.41, 5.74) is 2.10. The maximum atomic E-state index is 4.64. The van der Waals surface area contributed by atoms with Gasteiger partial charge in [-0.2, -0.15) is 0 Å². The highest BCUT2D eigenvalue weighted by Gasteiger charge is 2.27. The van der Waals surface area contributed by atoms with Crippen molar-refractivity contribution >= 4 is 31.9 Å². The maximum absolute atomic E-state index is 4.64. The molecule has 1 saturated carbocycles. The van der Waals surface area contributed by atoms with Crippen molar-refractivity contribution in [3.8, 4) is 11.3 Å². The first kappa shape index (κ1) is 11.4. The fourth-order valence-electron chi connectivity index (χ4n) is 1.76. The predicted molar refractivity (Wildman–Crippen MR) is 74.8 cm³/mol. The van der Waals surface area contributed by atoms with Crippen LogP contribution in [0, 0.1) is 0 Å². The average molecular weight is 354 g/mol. The number of hydrogen-bond acceptors (Lipinski definition) is 2. The first-order valence-electron chi connectivity index (χ1n) is 5.53. The molecule has 3 rings (SSSR count). The van der Waals surface area contributed by atoms with Crippen molar-refractivity contribution in [1.82, 2.24) is 9.97 Å². The molecule has 1 fully saturated rings. The molecule has 0 N–H and O–H groups in total. The molecule has 1 aromatic carbocycles. The van der Waals surface area contributed by atoms with Crippen molar-refractivity contribution in [3.05, 3.63) is 45.2 Å². The minimum atomic E-state index is 0.568. The molecule has 2 nitrogen and oxygen atoms in total. The van der Waals surface area contributed by atoms with Crippen LogP contribution in [-0.2, 0) is 0 Å². The fourth-order valence-corrected chi connectivity index (χ4v) is 2.55. The Morgan fingerprint density at radius 1 is 1.06 bits per heavy atom. The Morgan fingerprint density at radius 2 is 1.88 bits per heavy atom. The standard InChI is InChI=1S/C13H10Br2N2/c14-10-3-1-2-9(6-10)11-7-12(15)17-13(16-11)8-4-5-8/h1-3,6-8H,4-5H2. The van der Waals surface area contributed by atoms with Gasteiger partial charge in [0.15, 0.2) is 0 Å². The highest BCUT2D eigenvalue weighted by Crippen LogP contribution is 2.39. The molecule has 1 aromatic heterocycles. The Labute approximate surface area is 117 Å². The monoisotopic (exact) mass is 352 g/mol. The van der Waals surface area contributed by atoms with Gasteiger partial charge in [0.05, 0.1) is 5.69 Å². The zero-order valence-corrected chi connectivity index (χ0v) is 12.2. The van der Waals surface area contributed by atoms with Gasteiger partial charge in [-0.15, -0.1) is 0 Å². The lowest BCUT2D eigenvalue weighted by atomic mass is 10.1. The summed E-state index contributed by atoms with van der Waals surface area (Å²) in [6, 6.07) is 10.1. The second kappa shape index (κ2) is 4.50. The van der Waals surface area contributed by atoms with Gasteiger partial charge in [-0.25, -0.2) is 9.97 Å². The number of halogens is 2. The largest absolute Gasteiger partial charge is 0.233 e. The quantitative estimate of drug-likeness (QED) is 0.740. The molecule has 0 aliphatic heterocycles. The SMILES string of the molecule is Brc1cccc(-c2cc(Br)nc(C3CC3)n2)c1. The molecule has 0 amide bonds. The molecule has 86 valence electrons. The van der Waals surface area contributed by atoms with Crippen molar-refractivity contribution in [2.45, 2.75) is 18.8 Å². The van der Waals surface area contributed by atoms with E-state index < -0.39 is 0 Å². The van der Waals surface area contributed by atoms with Gasteiger partial charge >= 0.3 is 0 Å². The third-order valence-corrected chi connectivity index (χ3v) is 3.67. The summed E-state index contributed by atoms with van der Waals surface area (Å²) in [5.74, 6) is 1.53. The summed E-state index contributed by atoms with van der Waals surface area (Å²) in [6.45, 7) is 0. The van der Waals surface area contributed by atoms with E-state index in [-0.39, 0.29) is 0 Å². The van der Waals surface area contributed by atoms with E-state index in [1.54, 1.807) is 0 Å². The smallest absolute Gasteiger partial charge is 0.133 e. The van der Waals surface area contributed by atoms with Gasteiger partial charge < -0.3 is 0 Å². The minimum Gasteiger partial charge on any atom is -0.233 e. The molecule has 4 heteroatoms.